The van der Waals surface area contributed by atoms with Crippen LogP contribution in [0.4, 0.5) is 10.5 Å². The molecule has 0 saturated carbocycles. The predicted molar refractivity (Wildman–Crippen MR) is 97.6 cm³/mol. The van der Waals surface area contributed by atoms with Crippen LogP contribution in [0.3, 0.4) is 0 Å². The van der Waals surface area contributed by atoms with Gasteiger partial charge in [-0.1, -0.05) is 30.3 Å². The number of ether oxygens (including phenoxy) is 1. The second-order valence-corrected chi connectivity index (χ2v) is 6.56. The molecule has 0 aliphatic carbocycles. The first-order chi connectivity index (χ1) is 12.7. The van der Waals surface area contributed by atoms with Gasteiger partial charge in [0.25, 0.3) is 0 Å². The number of carbonyl (C=O) groups is 2. The van der Waals surface area contributed by atoms with E-state index in [4.69, 9.17) is 4.74 Å². The summed E-state index contributed by atoms with van der Waals surface area (Å²) >= 11 is 0. The summed E-state index contributed by atoms with van der Waals surface area (Å²) in [5.41, 5.74) is 1.82. The molecule has 0 bridgehead atoms. The zero-order valence-electron chi connectivity index (χ0n) is 14.7. The molecule has 26 heavy (non-hydrogen) atoms. The number of fused-ring (bicyclic) bond motifs is 1. The van der Waals surface area contributed by atoms with Crippen LogP contribution in [0.15, 0.2) is 54.6 Å². The Morgan fingerprint density at radius 2 is 1.77 bits per heavy atom. The maximum absolute atomic E-state index is 13.1. The minimum absolute atomic E-state index is 0.00350. The first-order valence-electron chi connectivity index (χ1n) is 8.76. The van der Waals surface area contributed by atoms with Gasteiger partial charge in [0.15, 0.2) is 0 Å². The summed E-state index contributed by atoms with van der Waals surface area (Å²) in [7, 11) is 1.61. The van der Waals surface area contributed by atoms with E-state index in [1.165, 1.54) is 0 Å². The summed E-state index contributed by atoms with van der Waals surface area (Å²) in [6, 6.07) is 17.0. The molecule has 1 atom stereocenters. The summed E-state index contributed by atoms with van der Waals surface area (Å²) in [5.74, 6) is 0.752. The number of nitrogens with zero attached hydrogens (tertiary/aromatic N) is 3. The molecule has 0 N–H and O–H groups in total. The van der Waals surface area contributed by atoms with Crippen LogP contribution in [0.25, 0.3) is 0 Å². The number of methoxy groups -OCH3 is 1. The first-order valence-corrected chi connectivity index (χ1v) is 8.76. The highest BCUT2D eigenvalue weighted by Gasteiger charge is 2.45. The summed E-state index contributed by atoms with van der Waals surface area (Å²) in [6.45, 7) is 1.02. The van der Waals surface area contributed by atoms with Gasteiger partial charge in [0.1, 0.15) is 5.75 Å². The standard InChI is InChI=1S/C20H21N3O3/c1-26-18-9-7-16(8-10-18)21-12-11-17-13-19(24)22(23(17)20(21)25)14-15-5-3-2-4-6-15/h2-10,17H,11-14H2,1H3. The fourth-order valence-electron chi connectivity index (χ4n) is 3.61. The summed E-state index contributed by atoms with van der Waals surface area (Å²) in [4.78, 5) is 27.4. The Labute approximate surface area is 152 Å². The lowest BCUT2D eigenvalue weighted by Gasteiger charge is -2.40. The molecule has 3 amide bonds. The van der Waals surface area contributed by atoms with Crippen molar-refractivity contribution in [1.82, 2.24) is 10.0 Å². The molecule has 2 aromatic carbocycles. The minimum Gasteiger partial charge on any atom is -0.497 e. The van der Waals surface area contributed by atoms with Gasteiger partial charge in [-0.25, -0.2) is 14.8 Å². The molecule has 2 aliphatic rings. The highest BCUT2D eigenvalue weighted by Crippen LogP contribution is 2.32. The van der Waals surface area contributed by atoms with E-state index in [1.54, 1.807) is 22.0 Å². The lowest BCUT2D eigenvalue weighted by molar-refractivity contribution is -0.136. The molecule has 2 aromatic rings. The first kappa shape index (κ1) is 16.4. The third-order valence-corrected chi connectivity index (χ3v) is 4.98. The largest absolute Gasteiger partial charge is 0.497 e. The number of hydrazine groups is 1. The molecule has 2 heterocycles. The molecule has 134 valence electrons. The second-order valence-electron chi connectivity index (χ2n) is 6.56. The van der Waals surface area contributed by atoms with Crippen LogP contribution in [0.1, 0.15) is 18.4 Å². The number of benzene rings is 2. The van der Waals surface area contributed by atoms with Crippen molar-refractivity contribution < 1.29 is 14.3 Å². The van der Waals surface area contributed by atoms with Crippen LogP contribution in [0.2, 0.25) is 0 Å². The van der Waals surface area contributed by atoms with Gasteiger partial charge in [0.2, 0.25) is 5.91 Å². The molecule has 6 heteroatoms. The van der Waals surface area contributed by atoms with Gasteiger partial charge < -0.3 is 4.74 Å². The Bertz CT molecular complexity index is 807. The van der Waals surface area contributed by atoms with Gasteiger partial charge in [0.05, 0.1) is 26.1 Å². The van der Waals surface area contributed by atoms with Gasteiger partial charge in [-0.05, 0) is 36.2 Å². The predicted octanol–water partition coefficient (Wildman–Crippen LogP) is 3.04. The van der Waals surface area contributed by atoms with Crippen molar-refractivity contribution in [2.45, 2.75) is 25.4 Å². The van der Waals surface area contributed by atoms with E-state index in [1.807, 2.05) is 54.6 Å². The van der Waals surface area contributed by atoms with Crippen molar-refractivity contribution >= 4 is 17.6 Å². The number of amides is 3. The third kappa shape index (κ3) is 2.87. The number of hydrogen-bond donors (Lipinski definition) is 0. The van der Waals surface area contributed by atoms with Crippen molar-refractivity contribution in [2.75, 3.05) is 18.6 Å². The molecule has 0 radical (unpaired) electrons. The van der Waals surface area contributed by atoms with E-state index in [0.29, 0.717) is 19.5 Å². The Hall–Kier alpha value is -3.02. The van der Waals surface area contributed by atoms with E-state index in [2.05, 4.69) is 0 Å². The van der Waals surface area contributed by atoms with E-state index >= 15 is 0 Å². The topological polar surface area (TPSA) is 53.1 Å². The molecule has 0 spiro atoms. The highest BCUT2D eigenvalue weighted by molar-refractivity contribution is 5.96. The zero-order valence-corrected chi connectivity index (χ0v) is 14.7. The minimum atomic E-state index is -0.145. The Morgan fingerprint density at radius 1 is 1.04 bits per heavy atom. The Kier molecular flexibility index (Phi) is 4.24. The number of rotatable bonds is 4. The second kappa shape index (κ2) is 6.71. The van der Waals surface area contributed by atoms with Crippen LogP contribution in [0, 0.1) is 0 Å². The van der Waals surface area contributed by atoms with Crippen molar-refractivity contribution in [3.63, 3.8) is 0 Å². The van der Waals surface area contributed by atoms with Crippen LogP contribution in [0.5, 0.6) is 5.75 Å². The smallest absolute Gasteiger partial charge is 0.343 e. The summed E-state index contributed by atoms with van der Waals surface area (Å²) in [6.07, 6.45) is 1.17. The number of anilines is 1. The number of hydrogen-bond acceptors (Lipinski definition) is 3. The van der Waals surface area contributed by atoms with Crippen molar-refractivity contribution in [3.05, 3.63) is 60.2 Å². The van der Waals surface area contributed by atoms with Gasteiger partial charge in [-0.3, -0.25) is 9.69 Å². The fourth-order valence-corrected chi connectivity index (χ4v) is 3.61. The number of carbonyl (C=O) groups excluding carboxylic acids is 2. The maximum Gasteiger partial charge on any atom is 0.343 e. The van der Waals surface area contributed by atoms with Gasteiger partial charge in [-0.2, -0.15) is 0 Å². The average Bonchev–Trinajstić information content (AvgIpc) is 2.99. The summed E-state index contributed by atoms with van der Waals surface area (Å²) in [5, 5.41) is 3.24. The van der Waals surface area contributed by atoms with Crippen LogP contribution in [-0.4, -0.2) is 41.7 Å². The molecule has 2 aliphatic heterocycles. The number of urea groups is 1. The maximum atomic E-state index is 13.1. The summed E-state index contributed by atoms with van der Waals surface area (Å²) < 4.78 is 5.18. The monoisotopic (exact) mass is 351 g/mol. The zero-order chi connectivity index (χ0) is 18.1. The molecular formula is C20H21N3O3. The van der Waals surface area contributed by atoms with Crippen molar-refractivity contribution in [2.24, 2.45) is 0 Å². The molecule has 6 nitrogen and oxygen atoms in total. The molecular weight excluding hydrogens is 330 g/mol. The lowest BCUT2D eigenvalue weighted by Crippen LogP contribution is -2.56. The quantitative estimate of drug-likeness (QED) is 0.851. The normalized spacial score (nSPS) is 19.7. The third-order valence-electron chi connectivity index (χ3n) is 4.98. The van der Waals surface area contributed by atoms with E-state index in [0.717, 1.165) is 23.4 Å². The molecule has 2 saturated heterocycles. The average molecular weight is 351 g/mol. The van der Waals surface area contributed by atoms with E-state index in [-0.39, 0.29) is 18.0 Å². The van der Waals surface area contributed by atoms with Gasteiger partial charge >= 0.3 is 6.03 Å². The van der Waals surface area contributed by atoms with E-state index < -0.39 is 0 Å². The molecule has 4 rings (SSSR count). The molecule has 1 unspecified atom stereocenters. The van der Waals surface area contributed by atoms with Crippen LogP contribution in [-0.2, 0) is 11.3 Å². The molecule has 0 aromatic heterocycles. The van der Waals surface area contributed by atoms with Crippen LogP contribution >= 0.6 is 0 Å². The fraction of sp³-hybridized carbons (Fsp3) is 0.300. The molecule has 2 fully saturated rings. The van der Waals surface area contributed by atoms with Gasteiger partial charge in [0, 0.05) is 12.2 Å². The van der Waals surface area contributed by atoms with Crippen molar-refractivity contribution in [3.8, 4) is 5.75 Å². The Morgan fingerprint density at radius 3 is 2.46 bits per heavy atom. The van der Waals surface area contributed by atoms with Gasteiger partial charge in [-0.15, -0.1) is 0 Å². The Balaban J connectivity index is 1.58. The van der Waals surface area contributed by atoms with E-state index in [9.17, 15) is 9.59 Å². The van der Waals surface area contributed by atoms with Crippen molar-refractivity contribution in [1.29, 1.82) is 0 Å². The SMILES string of the molecule is COc1ccc(N2CCC3CC(=O)N(Cc4ccccc4)N3C2=O)cc1. The lowest BCUT2D eigenvalue weighted by atomic mass is 10.1. The van der Waals surface area contributed by atoms with Crippen LogP contribution < -0.4 is 9.64 Å². The highest BCUT2D eigenvalue weighted by atomic mass is 16.5.